The molecule has 0 aromatic heterocycles. The molecule has 1 saturated heterocycles. The lowest BCUT2D eigenvalue weighted by atomic mass is 10.0. The summed E-state index contributed by atoms with van der Waals surface area (Å²) in [7, 11) is -4.22. The van der Waals surface area contributed by atoms with E-state index in [1.54, 1.807) is 0 Å². The van der Waals surface area contributed by atoms with Crippen LogP contribution < -0.4 is 10.5 Å². The van der Waals surface area contributed by atoms with Crippen molar-refractivity contribution in [2.45, 2.75) is 42.7 Å². The fraction of sp³-hybridized carbons (Fsp3) is 0.381. The van der Waals surface area contributed by atoms with Crippen molar-refractivity contribution >= 4 is 15.9 Å². The second kappa shape index (κ2) is 10.1. The van der Waals surface area contributed by atoms with Crippen molar-refractivity contribution in [2.24, 2.45) is 5.73 Å². The van der Waals surface area contributed by atoms with E-state index in [0.717, 1.165) is 12.1 Å². The Labute approximate surface area is 187 Å². The molecule has 180 valence electrons. The Balaban J connectivity index is 1.52. The number of carbonyl (C=O) groups is 1. The number of likely N-dealkylation sites (tertiary alicyclic amines) is 1. The van der Waals surface area contributed by atoms with Crippen molar-refractivity contribution in [2.75, 3.05) is 13.1 Å². The predicted molar refractivity (Wildman–Crippen MR) is 109 cm³/mol. The van der Waals surface area contributed by atoms with Crippen LogP contribution in [-0.2, 0) is 21.2 Å². The minimum Gasteiger partial charge on any atom is -0.343 e. The first-order valence-electron chi connectivity index (χ1n) is 10.1. The predicted octanol–water partition coefficient (Wildman–Crippen LogP) is 2.61. The second-order valence-electron chi connectivity index (χ2n) is 7.88. The number of piperidine rings is 1. The molecule has 1 unspecified atom stereocenters. The highest BCUT2D eigenvalue weighted by Crippen LogP contribution is 2.20. The van der Waals surface area contributed by atoms with E-state index in [1.165, 1.54) is 4.90 Å². The van der Waals surface area contributed by atoms with Crippen molar-refractivity contribution in [3.05, 3.63) is 65.0 Å². The fourth-order valence-corrected chi connectivity index (χ4v) is 5.02. The third kappa shape index (κ3) is 6.27. The maximum absolute atomic E-state index is 13.8. The number of sulfonamides is 1. The van der Waals surface area contributed by atoms with E-state index in [2.05, 4.69) is 4.72 Å². The third-order valence-electron chi connectivity index (χ3n) is 5.36. The van der Waals surface area contributed by atoms with Crippen LogP contribution in [0.2, 0.25) is 0 Å². The van der Waals surface area contributed by atoms with Gasteiger partial charge in [-0.25, -0.2) is 35.1 Å². The number of rotatable bonds is 7. The van der Waals surface area contributed by atoms with E-state index in [-0.39, 0.29) is 50.2 Å². The van der Waals surface area contributed by atoms with Crippen LogP contribution in [0.15, 0.2) is 35.2 Å². The first-order valence-corrected chi connectivity index (χ1v) is 11.6. The quantitative estimate of drug-likeness (QED) is 0.460. The maximum Gasteiger partial charge on any atom is 0.243 e. The molecule has 3 N–H and O–H groups in total. The van der Waals surface area contributed by atoms with E-state index in [4.69, 9.17) is 5.73 Å². The van der Waals surface area contributed by atoms with Gasteiger partial charge >= 0.3 is 0 Å². The van der Waals surface area contributed by atoms with Gasteiger partial charge in [-0.15, -0.1) is 0 Å². The van der Waals surface area contributed by atoms with Gasteiger partial charge in [-0.2, -0.15) is 0 Å². The lowest BCUT2D eigenvalue weighted by Crippen LogP contribution is -2.47. The summed E-state index contributed by atoms with van der Waals surface area (Å²) in [5, 5.41) is 0. The first-order chi connectivity index (χ1) is 15.5. The molecule has 2 aromatic carbocycles. The number of amides is 1. The summed E-state index contributed by atoms with van der Waals surface area (Å²) in [6, 6.07) is 1.88. The molecule has 12 heteroatoms. The Kier molecular flexibility index (Phi) is 7.70. The van der Waals surface area contributed by atoms with Crippen LogP contribution in [0.1, 0.15) is 24.8 Å². The van der Waals surface area contributed by atoms with Gasteiger partial charge in [-0.3, -0.25) is 4.79 Å². The number of hydrogen-bond acceptors (Lipinski definition) is 4. The van der Waals surface area contributed by atoms with E-state index >= 15 is 0 Å². The monoisotopic (exact) mass is 491 g/mol. The van der Waals surface area contributed by atoms with Crippen LogP contribution in [0.3, 0.4) is 0 Å². The highest BCUT2D eigenvalue weighted by Gasteiger charge is 2.29. The zero-order valence-corrected chi connectivity index (χ0v) is 18.1. The number of nitrogens with one attached hydrogen (secondary N) is 1. The average Bonchev–Trinajstić information content (AvgIpc) is 2.71. The van der Waals surface area contributed by atoms with Crippen LogP contribution >= 0.6 is 0 Å². The Morgan fingerprint density at radius 1 is 1.00 bits per heavy atom. The molecule has 1 amide bonds. The van der Waals surface area contributed by atoms with Crippen LogP contribution in [0, 0.1) is 29.1 Å². The van der Waals surface area contributed by atoms with Crippen LogP contribution in [0.5, 0.6) is 0 Å². The van der Waals surface area contributed by atoms with E-state index in [0.29, 0.717) is 18.2 Å². The Morgan fingerprint density at radius 2 is 1.64 bits per heavy atom. The number of benzene rings is 2. The minimum absolute atomic E-state index is 0.143. The van der Waals surface area contributed by atoms with Gasteiger partial charge in [0.1, 0.15) is 22.3 Å². The van der Waals surface area contributed by atoms with Crippen molar-refractivity contribution in [1.82, 2.24) is 9.62 Å². The molecule has 0 radical (unpaired) electrons. The summed E-state index contributed by atoms with van der Waals surface area (Å²) in [6.45, 7) is 0.397. The van der Waals surface area contributed by atoms with Crippen LogP contribution in [-0.4, -0.2) is 44.4 Å². The van der Waals surface area contributed by atoms with E-state index in [9.17, 15) is 35.2 Å². The molecular weight excluding hydrogens is 469 g/mol. The summed E-state index contributed by atoms with van der Waals surface area (Å²) in [5.74, 6) is -5.94. The molecule has 1 atom stereocenters. The van der Waals surface area contributed by atoms with Gasteiger partial charge in [0.2, 0.25) is 15.9 Å². The molecule has 0 bridgehead atoms. The lowest BCUT2D eigenvalue weighted by Gasteiger charge is -2.33. The molecule has 2 aromatic rings. The molecular formula is C21H22F5N3O3S. The summed E-state index contributed by atoms with van der Waals surface area (Å²) in [4.78, 5) is 13.3. The highest BCUT2D eigenvalue weighted by atomic mass is 32.2. The number of hydrogen-bond donors (Lipinski definition) is 2. The first kappa shape index (κ1) is 25.1. The van der Waals surface area contributed by atoms with Crippen molar-refractivity contribution in [3.8, 4) is 0 Å². The number of carbonyl (C=O) groups excluding carboxylic acids is 1. The van der Waals surface area contributed by atoms with Crippen molar-refractivity contribution < 1.29 is 35.2 Å². The summed E-state index contributed by atoms with van der Waals surface area (Å²) in [6.07, 6.45) is 0.158. The van der Waals surface area contributed by atoms with Gasteiger partial charge in [0.15, 0.2) is 11.6 Å². The Hall–Kier alpha value is -2.57. The normalized spacial score (nSPS) is 16.1. The summed E-state index contributed by atoms with van der Waals surface area (Å²) < 4.78 is 94.1. The Bertz CT molecular complexity index is 1140. The third-order valence-corrected chi connectivity index (χ3v) is 6.91. The standard InChI is InChI=1S/C21H22F5N3O3S/c22-13-1-2-20(19(26)9-13)33(31,32)28-15-3-5-29(6-4-15)21(30)10-14(27)7-12-8-17(24)18(25)11-16(12)23/h1-2,8-9,11,14-15,28H,3-7,10,27H2. The van der Waals surface area contributed by atoms with Crippen LogP contribution in [0.25, 0.3) is 0 Å². The Morgan fingerprint density at radius 3 is 2.27 bits per heavy atom. The molecule has 1 heterocycles. The lowest BCUT2D eigenvalue weighted by molar-refractivity contribution is -0.132. The molecule has 3 rings (SSSR count). The number of nitrogens with zero attached hydrogens (tertiary/aromatic N) is 1. The smallest absolute Gasteiger partial charge is 0.243 e. The molecule has 1 aliphatic heterocycles. The molecule has 6 nitrogen and oxygen atoms in total. The SMILES string of the molecule is NC(CC(=O)N1CCC(NS(=O)(=O)c2ccc(F)cc2F)CC1)Cc1cc(F)c(F)cc1F. The zero-order chi connectivity index (χ0) is 24.3. The molecule has 1 aliphatic rings. The minimum atomic E-state index is -4.22. The van der Waals surface area contributed by atoms with Crippen LogP contribution in [0.4, 0.5) is 22.0 Å². The molecule has 0 aliphatic carbocycles. The van der Waals surface area contributed by atoms with Gasteiger partial charge < -0.3 is 10.6 Å². The van der Waals surface area contributed by atoms with Gasteiger partial charge in [-0.05, 0) is 43.0 Å². The zero-order valence-electron chi connectivity index (χ0n) is 17.3. The number of halogens is 5. The second-order valence-corrected chi connectivity index (χ2v) is 9.56. The molecule has 0 saturated carbocycles. The topological polar surface area (TPSA) is 92.5 Å². The summed E-state index contributed by atoms with van der Waals surface area (Å²) in [5.41, 5.74) is 5.74. The maximum atomic E-state index is 13.8. The van der Waals surface area contributed by atoms with Crippen molar-refractivity contribution in [1.29, 1.82) is 0 Å². The van der Waals surface area contributed by atoms with E-state index in [1.807, 2.05) is 0 Å². The molecule has 0 spiro atoms. The molecule has 33 heavy (non-hydrogen) atoms. The van der Waals surface area contributed by atoms with Gasteiger partial charge in [0.05, 0.1) is 0 Å². The van der Waals surface area contributed by atoms with Gasteiger partial charge in [0, 0.05) is 43.7 Å². The van der Waals surface area contributed by atoms with Gasteiger partial charge in [-0.1, -0.05) is 0 Å². The molecule has 1 fully saturated rings. The fourth-order valence-electron chi connectivity index (χ4n) is 3.65. The summed E-state index contributed by atoms with van der Waals surface area (Å²) >= 11 is 0. The van der Waals surface area contributed by atoms with E-state index < -0.39 is 56.1 Å². The largest absolute Gasteiger partial charge is 0.343 e. The average molecular weight is 491 g/mol. The highest BCUT2D eigenvalue weighted by molar-refractivity contribution is 7.89. The van der Waals surface area contributed by atoms with Gasteiger partial charge in [0.25, 0.3) is 0 Å². The number of nitrogens with two attached hydrogens (primary N) is 1. The van der Waals surface area contributed by atoms with Crippen molar-refractivity contribution in [3.63, 3.8) is 0 Å².